The molecule has 0 fully saturated rings. The van der Waals surface area contributed by atoms with Gasteiger partial charge in [0.05, 0.1) is 11.4 Å². The average molecular weight is 336 g/mol. The van der Waals surface area contributed by atoms with E-state index in [0.29, 0.717) is 0 Å². The predicted molar refractivity (Wildman–Crippen MR) is 79.3 cm³/mol. The molecule has 0 aliphatic rings. The molecule has 0 radical (unpaired) electrons. The molecule has 0 saturated carbocycles. The molecule has 0 aliphatic heterocycles. The van der Waals surface area contributed by atoms with E-state index < -0.39 is 0 Å². The van der Waals surface area contributed by atoms with Gasteiger partial charge in [0.15, 0.2) is 0 Å². The zero-order valence-corrected chi connectivity index (χ0v) is 12.0. The lowest BCUT2D eigenvalue weighted by Crippen LogP contribution is -1.76. The van der Waals surface area contributed by atoms with Crippen molar-refractivity contribution in [3.05, 3.63) is 57.2 Å². The standard InChI is InChI=1S/C14H13IN2/c1-10-3-6-12(7-4-10)16-17-14-8-5-11(2)9-13(14)15/h3-9H,1-2H3. The van der Waals surface area contributed by atoms with Gasteiger partial charge in [-0.2, -0.15) is 5.11 Å². The Hall–Kier alpha value is -1.23. The molecule has 3 heteroatoms. The third-order valence-corrected chi connectivity index (χ3v) is 3.27. The van der Waals surface area contributed by atoms with E-state index in [1.165, 1.54) is 11.1 Å². The number of benzene rings is 2. The first-order chi connectivity index (χ1) is 8.15. The quantitative estimate of drug-likeness (QED) is 0.524. The maximum atomic E-state index is 4.26. The van der Waals surface area contributed by atoms with Gasteiger partial charge in [-0.15, -0.1) is 5.11 Å². The van der Waals surface area contributed by atoms with Crippen LogP contribution in [0.1, 0.15) is 11.1 Å². The molecule has 0 spiro atoms. The van der Waals surface area contributed by atoms with Crippen molar-refractivity contribution >= 4 is 34.0 Å². The summed E-state index contributed by atoms with van der Waals surface area (Å²) in [6, 6.07) is 14.2. The Kier molecular flexibility index (Phi) is 3.89. The van der Waals surface area contributed by atoms with Crippen LogP contribution in [-0.4, -0.2) is 0 Å². The van der Waals surface area contributed by atoms with E-state index in [-0.39, 0.29) is 0 Å². The Morgan fingerprint density at radius 3 is 2.12 bits per heavy atom. The molecule has 2 aromatic carbocycles. The summed E-state index contributed by atoms with van der Waals surface area (Å²) >= 11 is 2.28. The molecular formula is C14H13IN2. The van der Waals surface area contributed by atoms with Crippen LogP contribution in [0.3, 0.4) is 0 Å². The number of rotatable bonds is 2. The number of nitrogens with zero attached hydrogens (tertiary/aromatic N) is 2. The lowest BCUT2D eigenvalue weighted by Gasteiger charge is -1.99. The summed E-state index contributed by atoms with van der Waals surface area (Å²) in [4.78, 5) is 0. The SMILES string of the molecule is Cc1ccc(N=Nc2ccc(C)cc2I)cc1. The van der Waals surface area contributed by atoms with Crippen LogP contribution in [0.15, 0.2) is 52.7 Å². The number of hydrogen-bond acceptors (Lipinski definition) is 2. The van der Waals surface area contributed by atoms with Gasteiger partial charge in [-0.3, -0.25) is 0 Å². The Morgan fingerprint density at radius 1 is 0.824 bits per heavy atom. The van der Waals surface area contributed by atoms with Gasteiger partial charge < -0.3 is 0 Å². The molecule has 0 amide bonds. The van der Waals surface area contributed by atoms with Crippen molar-refractivity contribution in [1.29, 1.82) is 0 Å². The maximum Gasteiger partial charge on any atom is 0.0990 e. The minimum absolute atomic E-state index is 0.881. The van der Waals surface area contributed by atoms with E-state index >= 15 is 0 Å². The van der Waals surface area contributed by atoms with Gasteiger partial charge >= 0.3 is 0 Å². The van der Waals surface area contributed by atoms with E-state index in [9.17, 15) is 0 Å². The van der Waals surface area contributed by atoms with Crippen molar-refractivity contribution in [2.75, 3.05) is 0 Å². The highest BCUT2D eigenvalue weighted by Crippen LogP contribution is 2.24. The molecule has 0 aromatic heterocycles. The Labute approximate surface area is 115 Å². The third kappa shape index (κ3) is 3.36. The van der Waals surface area contributed by atoms with Gasteiger partial charge in [-0.05, 0) is 66.3 Å². The van der Waals surface area contributed by atoms with Crippen molar-refractivity contribution in [1.82, 2.24) is 0 Å². The second-order valence-corrected chi connectivity index (χ2v) is 5.15. The first kappa shape index (κ1) is 12.2. The maximum absolute atomic E-state index is 4.26. The fourth-order valence-corrected chi connectivity index (χ4v) is 2.19. The summed E-state index contributed by atoms with van der Waals surface area (Å²) in [5.41, 5.74) is 4.27. The van der Waals surface area contributed by atoms with Gasteiger partial charge in [0, 0.05) is 3.57 Å². The average Bonchev–Trinajstić information content (AvgIpc) is 2.30. The molecule has 0 unspecified atom stereocenters. The summed E-state index contributed by atoms with van der Waals surface area (Å²) in [5.74, 6) is 0. The largest absolute Gasteiger partial charge is 0.151 e. The Bertz CT molecular complexity index is 545. The lowest BCUT2D eigenvalue weighted by atomic mass is 10.2. The number of azo groups is 1. The van der Waals surface area contributed by atoms with Crippen molar-refractivity contribution in [3.8, 4) is 0 Å². The fourth-order valence-electron chi connectivity index (χ4n) is 1.42. The molecule has 2 aromatic rings. The van der Waals surface area contributed by atoms with Crippen LogP contribution in [0.4, 0.5) is 11.4 Å². The van der Waals surface area contributed by atoms with E-state index in [1.54, 1.807) is 0 Å². The smallest absolute Gasteiger partial charge is 0.0990 e. The van der Waals surface area contributed by atoms with Crippen molar-refractivity contribution in [2.45, 2.75) is 13.8 Å². The highest BCUT2D eigenvalue weighted by Gasteiger charge is 1.97. The van der Waals surface area contributed by atoms with Gasteiger partial charge in [0.1, 0.15) is 0 Å². The molecule has 0 heterocycles. The summed E-state index contributed by atoms with van der Waals surface area (Å²) in [6.07, 6.45) is 0. The van der Waals surface area contributed by atoms with Crippen LogP contribution in [0.25, 0.3) is 0 Å². The Balaban J connectivity index is 2.23. The molecule has 2 nitrogen and oxygen atoms in total. The van der Waals surface area contributed by atoms with Crippen LogP contribution in [-0.2, 0) is 0 Å². The molecule has 0 saturated heterocycles. The van der Waals surface area contributed by atoms with Gasteiger partial charge in [-0.1, -0.05) is 23.8 Å². The molecule has 0 atom stereocenters. The second-order valence-electron chi connectivity index (χ2n) is 3.99. The van der Waals surface area contributed by atoms with Crippen molar-refractivity contribution in [2.24, 2.45) is 10.2 Å². The van der Waals surface area contributed by atoms with Gasteiger partial charge in [-0.25, -0.2) is 0 Å². The molecule has 17 heavy (non-hydrogen) atoms. The molecule has 2 rings (SSSR count). The van der Waals surface area contributed by atoms with Crippen LogP contribution >= 0.6 is 22.6 Å². The zero-order valence-electron chi connectivity index (χ0n) is 9.81. The number of halogens is 1. The summed E-state index contributed by atoms with van der Waals surface area (Å²) in [5, 5.41) is 8.49. The van der Waals surface area contributed by atoms with Crippen LogP contribution in [0.5, 0.6) is 0 Å². The summed E-state index contributed by atoms with van der Waals surface area (Å²) in [6.45, 7) is 4.13. The first-order valence-electron chi connectivity index (χ1n) is 5.40. The summed E-state index contributed by atoms with van der Waals surface area (Å²) in [7, 11) is 0. The van der Waals surface area contributed by atoms with Crippen LogP contribution < -0.4 is 0 Å². The Morgan fingerprint density at radius 2 is 1.47 bits per heavy atom. The van der Waals surface area contributed by atoms with E-state index in [0.717, 1.165) is 14.9 Å². The highest BCUT2D eigenvalue weighted by molar-refractivity contribution is 14.1. The second kappa shape index (κ2) is 5.40. The fraction of sp³-hybridized carbons (Fsp3) is 0.143. The van der Waals surface area contributed by atoms with Crippen molar-refractivity contribution < 1.29 is 0 Å². The van der Waals surface area contributed by atoms with E-state index in [4.69, 9.17) is 0 Å². The molecular weight excluding hydrogens is 323 g/mol. The van der Waals surface area contributed by atoms with Gasteiger partial charge in [0.25, 0.3) is 0 Å². The number of aryl methyl sites for hydroxylation is 2. The molecule has 0 aliphatic carbocycles. The zero-order chi connectivity index (χ0) is 12.3. The minimum atomic E-state index is 0.881. The van der Waals surface area contributed by atoms with Crippen LogP contribution in [0, 0.1) is 17.4 Å². The molecule has 0 bridgehead atoms. The third-order valence-electron chi connectivity index (χ3n) is 2.41. The van der Waals surface area contributed by atoms with E-state index in [2.05, 4.69) is 52.7 Å². The topological polar surface area (TPSA) is 24.7 Å². The minimum Gasteiger partial charge on any atom is -0.151 e. The predicted octanol–water partition coefficient (Wildman–Crippen LogP) is 5.32. The van der Waals surface area contributed by atoms with E-state index in [1.807, 2.05) is 36.4 Å². The monoisotopic (exact) mass is 336 g/mol. The van der Waals surface area contributed by atoms with Gasteiger partial charge in [0.2, 0.25) is 0 Å². The highest BCUT2D eigenvalue weighted by atomic mass is 127. The number of hydrogen-bond donors (Lipinski definition) is 0. The molecule has 0 N–H and O–H groups in total. The van der Waals surface area contributed by atoms with Crippen LogP contribution in [0.2, 0.25) is 0 Å². The summed E-state index contributed by atoms with van der Waals surface area (Å²) < 4.78 is 1.12. The van der Waals surface area contributed by atoms with Crippen molar-refractivity contribution in [3.63, 3.8) is 0 Å². The molecule has 86 valence electrons. The normalized spacial score (nSPS) is 11.0. The first-order valence-corrected chi connectivity index (χ1v) is 6.47. The lowest BCUT2D eigenvalue weighted by molar-refractivity contribution is 1.21.